The predicted molar refractivity (Wildman–Crippen MR) is 92.1 cm³/mol. The number of aromatic hydroxyl groups is 2. The SMILES string of the molecule is Cc1cccnc1-c1nc(O)c(O)c(-c2nc(-c3ccccc3)no2)n1. The molecule has 1 aromatic carbocycles. The first-order chi connectivity index (χ1) is 12.6. The van der Waals surface area contributed by atoms with E-state index >= 15 is 0 Å². The first kappa shape index (κ1) is 15.7. The maximum atomic E-state index is 10.1. The maximum Gasteiger partial charge on any atom is 0.281 e. The van der Waals surface area contributed by atoms with Crippen LogP contribution in [0.5, 0.6) is 11.6 Å². The summed E-state index contributed by atoms with van der Waals surface area (Å²) < 4.78 is 5.22. The van der Waals surface area contributed by atoms with E-state index in [0.717, 1.165) is 11.1 Å². The van der Waals surface area contributed by atoms with Crippen molar-refractivity contribution in [2.24, 2.45) is 0 Å². The van der Waals surface area contributed by atoms with Crippen LogP contribution in [0.2, 0.25) is 0 Å². The van der Waals surface area contributed by atoms with Gasteiger partial charge in [0.1, 0.15) is 5.69 Å². The minimum absolute atomic E-state index is 0.0334. The van der Waals surface area contributed by atoms with Crippen molar-refractivity contribution in [3.8, 4) is 46.1 Å². The van der Waals surface area contributed by atoms with E-state index in [4.69, 9.17) is 4.52 Å². The van der Waals surface area contributed by atoms with Gasteiger partial charge in [0.2, 0.25) is 11.6 Å². The van der Waals surface area contributed by atoms with Gasteiger partial charge >= 0.3 is 0 Å². The van der Waals surface area contributed by atoms with Crippen LogP contribution in [0.25, 0.3) is 34.5 Å². The van der Waals surface area contributed by atoms with Gasteiger partial charge < -0.3 is 14.7 Å². The fourth-order valence-electron chi connectivity index (χ4n) is 2.44. The molecule has 0 fully saturated rings. The standard InChI is InChI=1S/C18H13N5O3/c1-10-6-5-9-19-12(10)16-20-13(14(24)17(25)21-16)18-22-15(23-26-18)11-7-3-2-4-8-11/h2-9,24H,1H3,(H,20,21,25). The lowest BCUT2D eigenvalue weighted by Crippen LogP contribution is -1.97. The molecule has 0 saturated carbocycles. The molecule has 8 heteroatoms. The molecule has 4 aromatic rings. The third-order valence-corrected chi connectivity index (χ3v) is 3.75. The number of hydrogen-bond acceptors (Lipinski definition) is 8. The van der Waals surface area contributed by atoms with Gasteiger partial charge in [0.05, 0.1) is 0 Å². The average Bonchev–Trinajstić information content (AvgIpc) is 3.15. The Morgan fingerprint density at radius 1 is 0.846 bits per heavy atom. The highest BCUT2D eigenvalue weighted by atomic mass is 16.5. The number of rotatable bonds is 3. The van der Waals surface area contributed by atoms with Gasteiger partial charge in [0, 0.05) is 11.8 Å². The molecule has 0 radical (unpaired) electrons. The van der Waals surface area contributed by atoms with Crippen molar-refractivity contribution in [3.05, 3.63) is 54.2 Å². The minimum Gasteiger partial charge on any atom is -0.501 e. The molecule has 0 spiro atoms. The van der Waals surface area contributed by atoms with Crippen molar-refractivity contribution in [2.45, 2.75) is 6.92 Å². The highest BCUT2D eigenvalue weighted by Crippen LogP contribution is 2.35. The Kier molecular flexibility index (Phi) is 3.77. The second-order valence-corrected chi connectivity index (χ2v) is 5.53. The van der Waals surface area contributed by atoms with Crippen molar-refractivity contribution in [1.29, 1.82) is 0 Å². The number of pyridine rings is 1. The monoisotopic (exact) mass is 347 g/mol. The van der Waals surface area contributed by atoms with Crippen molar-refractivity contribution >= 4 is 0 Å². The molecule has 8 nitrogen and oxygen atoms in total. The molecule has 26 heavy (non-hydrogen) atoms. The van der Waals surface area contributed by atoms with Crippen molar-refractivity contribution in [3.63, 3.8) is 0 Å². The highest BCUT2D eigenvalue weighted by Gasteiger charge is 2.22. The number of aromatic nitrogens is 5. The quantitative estimate of drug-likeness (QED) is 0.581. The van der Waals surface area contributed by atoms with Crippen LogP contribution in [0.15, 0.2) is 53.2 Å². The molecular weight excluding hydrogens is 334 g/mol. The smallest absolute Gasteiger partial charge is 0.281 e. The van der Waals surface area contributed by atoms with E-state index in [1.54, 1.807) is 12.3 Å². The predicted octanol–water partition coefficient (Wildman–Crippen LogP) is 2.98. The van der Waals surface area contributed by atoms with Crippen LogP contribution >= 0.6 is 0 Å². The molecule has 0 saturated heterocycles. The second-order valence-electron chi connectivity index (χ2n) is 5.53. The number of benzene rings is 1. The molecule has 2 N–H and O–H groups in total. The van der Waals surface area contributed by atoms with E-state index in [1.165, 1.54) is 0 Å². The van der Waals surface area contributed by atoms with Gasteiger partial charge in [-0.15, -0.1) is 0 Å². The van der Waals surface area contributed by atoms with E-state index in [0.29, 0.717) is 11.5 Å². The Bertz CT molecular complexity index is 1080. The van der Waals surface area contributed by atoms with Crippen LogP contribution in [0, 0.1) is 6.92 Å². The van der Waals surface area contributed by atoms with Crippen LogP contribution in [0.4, 0.5) is 0 Å². The summed E-state index contributed by atoms with van der Waals surface area (Å²) in [6, 6.07) is 12.9. The highest BCUT2D eigenvalue weighted by molar-refractivity contribution is 5.67. The normalized spacial score (nSPS) is 10.8. The summed E-state index contributed by atoms with van der Waals surface area (Å²) in [5.74, 6) is -0.671. The summed E-state index contributed by atoms with van der Waals surface area (Å²) >= 11 is 0. The molecule has 0 aliphatic heterocycles. The Morgan fingerprint density at radius 3 is 2.42 bits per heavy atom. The summed E-state index contributed by atoms with van der Waals surface area (Å²) in [4.78, 5) is 16.6. The van der Waals surface area contributed by atoms with Gasteiger partial charge in [0.15, 0.2) is 11.5 Å². The van der Waals surface area contributed by atoms with E-state index in [-0.39, 0.29) is 17.4 Å². The fraction of sp³-hybridized carbons (Fsp3) is 0.0556. The topological polar surface area (TPSA) is 118 Å². The van der Waals surface area contributed by atoms with Gasteiger partial charge in [-0.05, 0) is 18.6 Å². The van der Waals surface area contributed by atoms with Gasteiger partial charge in [-0.25, -0.2) is 4.98 Å². The van der Waals surface area contributed by atoms with E-state index in [2.05, 4.69) is 25.1 Å². The van der Waals surface area contributed by atoms with Crippen molar-refractivity contribution in [2.75, 3.05) is 0 Å². The van der Waals surface area contributed by atoms with Crippen LogP contribution in [0.1, 0.15) is 5.56 Å². The number of hydrogen-bond donors (Lipinski definition) is 2. The molecule has 0 amide bonds. The Labute approximate surface area is 147 Å². The molecule has 0 aliphatic rings. The molecule has 0 aliphatic carbocycles. The maximum absolute atomic E-state index is 10.1. The summed E-state index contributed by atoms with van der Waals surface area (Å²) in [5, 5.41) is 24.0. The van der Waals surface area contributed by atoms with Crippen LogP contribution in [0.3, 0.4) is 0 Å². The molecule has 0 bridgehead atoms. The van der Waals surface area contributed by atoms with Crippen molar-refractivity contribution in [1.82, 2.24) is 25.1 Å². The largest absolute Gasteiger partial charge is 0.501 e. The second kappa shape index (κ2) is 6.25. The molecule has 4 rings (SSSR count). The zero-order chi connectivity index (χ0) is 18.1. The van der Waals surface area contributed by atoms with Crippen LogP contribution < -0.4 is 0 Å². The fourth-order valence-corrected chi connectivity index (χ4v) is 2.44. The summed E-state index contributed by atoms with van der Waals surface area (Å²) in [6.07, 6.45) is 1.59. The lowest BCUT2D eigenvalue weighted by atomic mass is 10.2. The molecular formula is C18H13N5O3. The minimum atomic E-state index is -0.588. The molecule has 0 atom stereocenters. The molecule has 3 aromatic heterocycles. The molecule has 3 heterocycles. The third-order valence-electron chi connectivity index (χ3n) is 3.75. The van der Waals surface area contributed by atoms with Crippen molar-refractivity contribution < 1.29 is 14.7 Å². The van der Waals surface area contributed by atoms with E-state index < -0.39 is 11.6 Å². The van der Waals surface area contributed by atoms with Gasteiger partial charge in [-0.3, -0.25) is 4.98 Å². The first-order valence-electron chi connectivity index (χ1n) is 7.75. The number of aryl methyl sites for hydroxylation is 1. The summed E-state index contributed by atoms with van der Waals surface area (Å²) in [5.41, 5.74) is 1.99. The molecule has 128 valence electrons. The Hall–Kier alpha value is -3.81. The summed E-state index contributed by atoms with van der Waals surface area (Å²) in [6.45, 7) is 1.84. The average molecular weight is 347 g/mol. The van der Waals surface area contributed by atoms with Crippen LogP contribution in [-0.4, -0.2) is 35.3 Å². The molecule has 0 unspecified atom stereocenters. The van der Waals surface area contributed by atoms with Gasteiger partial charge in [-0.1, -0.05) is 41.6 Å². The number of nitrogens with zero attached hydrogens (tertiary/aromatic N) is 5. The zero-order valence-corrected chi connectivity index (χ0v) is 13.7. The Balaban J connectivity index is 1.82. The van der Waals surface area contributed by atoms with E-state index in [9.17, 15) is 10.2 Å². The van der Waals surface area contributed by atoms with Gasteiger partial charge in [0.25, 0.3) is 11.8 Å². The summed E-state index contributed by atoms with van der Waals surface area (Å²) in [7, 11) is 0. The zero-order valence-electron chi connectivity index (χ0n) is 13.7. The first-order valence-corrected chi connectivity index (χ1v) is 7.75. The third kappa shape index (κ3) is 2.73. The van der Waals surface area contributed by atoms with E-state index in [1.807, 2.05) is 43.3 Å². The lowest BCUT2D eigenvalue weighted by Gasteiger charge is -2.06. The Morgan fingerprint density at radius 2 is 1.65 bits per heavy atom. The lowest BCUT2D eigenvalue weighted by molar-refractivity contribution is 0.382. The van der Waals surface area contributed by atoms with Gasteiger partial charge in [-0.2, -0.15) is 9.97 Å². The van der Waals surface area contributed by atoms with Crippen LogP contribution in [-0.2, 0) is 0 Å².